The second kappa shape index (κ2) is 8.13. The van der Waals surface area contributed by atoms with E-state index >= 15 is 0 Å². The molecule has 2 aromatic carbocycles. The predicted molar refractivity (Wildman–Crippen MR) is 107 cm³/mol. The van der Waals surface area contributed by atoms with Crippen molar-refractivity contribution >= 4 is 23.0 Å². The minimum Gasteiger partial charge on any atom is -0.484 e. The number of benzene rings is 2. The molecular weight excluding hydrogens is 326 g/mol. The summed E-state index contributed by atoms with van der Waals surface area (Å²) in [5.41, 5.74) is 9.45. The second-order valence-electron chi connectivity index (χ2n) is 6.97. The van der Waals surface area contributed by atoms with Crippen molar-refractivity contribution in [3.05, 3.63) is 48.0 Å². The summed E-state index contributed by atoms with van der Waals surface area (Å²) in [6.45, 7) is 5.18. The number of ether oxygens (including phenoxy) is 1. The molecule has 138 valence electrons. The van der Waals surface area contributed by atoms with Crippen LogP contribution in [0.2, 0.25) is 0 Å². The number of anilines is 3. The van der Waals surface area contributed by atoms with Crippen LogP contribution in [0.5, 0.6) is 5.75 Å². The van der Waals surface area contributed by atoms with Crippen LogP contribution < -0.4 is 20.7 Å². The zero-order chi connectivity index (χ0) is 18.5. The van der Waals surface area contributed by atoms with Gasteiger partial charge in [-0.2, -0.15) is 0 Å². The molecule has 3 rings (SSSR count). The lowest BCUT2D eigenvalue weighted by Gasteiger charge is -2.36. The maximum Gasteiger partial charge on any atom is 0.262 e. The summed E-state index contributed by atoms with van der Waals surface area (Å²) >= 11 is 0. The minimum atomic E-state index is -0.192. The van der Waals surface area contributed by atoms with Crippen LogP contribution in [0.3, 0.4) is 0 Å². The Hall–Kier alpha value is -2.69. The third-order valence-electron chi connectivity index (χ3n) is 4.77. The number of piperidine rings is 1. The molecule has 1 aliphatic rings. The first-order chi connectivity index (χ1) is 12.5. The molecule has 26 heavy (non-hydrogen) atoms. The van der Waals surface area contributed by atoms with Gasteiger partial charge in [-0.1, -0.05) is 12.1 Å². The third-order valence-corrected chi connectivity index (χ3v) is 4.77. The molecule has 5 heteroatoms. The monoisotopic (exact) mass is 353 g/mol. The van der Waals surface area contributed by atoms with Crippen LogP contribution in [0.4, 0.5) is 17.1 Å². The van der Waals surface area contributed by atoms with Gasteiger partial charge in [-0.25, -0.2) is 0 Å². The zero-order valence-electron chi connectivity index (χ0n) is 15.5. The summed E-state index contributed by atoms with van der Waals surface area (Å²) in [5, 5.41) is 2.97. The van der Waals surface area contributed by atoms with Crippen molar-refractivity contribution in [2.45, 2.75) is 39.2 Å². The molecule has 0 spiro atoms. The topological polar surface area (TPSA) is 67.6 Å². The number of amides is 1. The normalized spacial score (nSPS) is 17.0. The number of nitrogens with one attached hydrogen (secondary N) is 1. The molecule has 0 saturated carbocycles. The minimum absolute atomic E-state index is 0.0345. The van der Waals surface area contributed by atoms with E-state index in [2.05, 4.69) is 17.1 Å². The summed E-state index contributed by atoms with van der Waals surface area (Å²) in [7, 11) is 0. The van der Waals surface area contributed by atoms with Crippen molar-refractivity contribution in [2.24, 2.45) is 0 Å². The summed E-state index contributed by atoms with van der Waals surface area (Å²) in [6, 6.07) is 13.8. The highest BCUT2D eigenvalue weighted by Crippen LogP contribution is 2.33. The highest BCUT2D eigenvalue weighted by molar-refractivity contribution is 5.96. The fraction of sp³-hybridized carbons (Fsp3) is 0.381. The third kappa shape index (κ3) is 4.48. The Morgan fingerprint density at radius 2 is 2.12 bits per heavy atom. The largest absolute Gasteiger partial charge is 0.484 e. The van der Waals surface area contributed by atoms with E-state index in [9.17, 15) is 4.79 Å². The van der Waals surface area contributed by atoms with Crippen molar-refractivity contribution in [3.8, 4) is 5.75 Å². The van der Waals surface area contributed by atoms with E-state index in [0.717, 1.165) is 29.9 Å². The van der Waals surface area contributed by atoms with Crippen LogP contribution in [0, 0.1) is 6.92 Å². The number of nitrogen functional groups attached to an aromatic ring is 1. The fourth-order valence-corrected chi connectivity index (χ4v) is 3.40. The lowest BCUT2D eigenvalue weighted by Crippen LogP contribution is -2.38. The Morgan fingerprint density at radius 1 is 1.27 bits per heavy atom. The molecule has 1 unspecified atom stereocenters. The molecule has 1 aliphatic heterocycles. The van der Waals surface area contributed by atoms with Crippen LogP contribution in [0.25, 0.3) is 0 Å². The van der Waals surface area contributed by atoms with Gasteiger partial charge in [0.1, 0.15) is 5.75 Å². The van der Waals surface area contributed by atoms with E-state index in [1.54, 1.807) is 0 Å². The number of carbonyl (C=O) groups excluding carboxylic acids is 1. The first kappa shape index (κ1) is 18.1. The van der Waals surface area contributed by atoms with E-state index in [0.29, 0.717) is 17.5 Å². The summed E-state index contributed by atoms with van der Waals surface area (Å²) in [6.07, 6.45) is 3.57. The van der Waals surface area contributed by atoms with Gasteiger partial charge in [0.25, 0.3) is 5.91 Å². The van der Waals surface area contributed by atoms with Crippen molar-refractivity contribution in [1.82, 2.24) is 0 Å². The highest BCUT2D eigenvalue weighted by Gasteiger charge is 2.21. The smallest absolute Gasteiger partial charge is 0.262 e. The van der Waals surface area contributed by atoms with Crippen molar-refractivity contribution in [3.63, 3.8) is 0 Å². The average Bonchev–Trinajstić information content (AvgIpc) is 2.61. The van der Waals surface area contributed by atoms with Gasteiger partial charge < -0.3 is 20.7 Å². The molecule has 3 N–H and O–H groups in total. The maximum atomic E-state index is 12.4. The number of hydrogen-bond acceptors (Lipinski definition) is 4. The molecule has 0 aliphatic carbocycles. The van der Waals surface area contributed by atoms with Gasteiger partial charge >= 0.3 is 0 Å². The molecule has 1 fully saturated rings. The number of aryl methyl sites for hydroxylation is 1. The van der Waals surface area contributed by atoms with Gasteiger partial charge in [0.15, 0.2) is 6.61 Å². The second-order valence-corrected chi connectivity index (χ2v) is 6.97. The Kier molecular flexibility index (Phi) is 5.66. The Morgan fingerprint density at radius 3 is 2.88 bits per heavy atom. The standard InChI is InChI=1S/C21H27N3O2/c1-15-6-5-8-18(12-15)26-14-21(25)23-19-13-17(22)9-10-20(19)24-11-4-3-7-16(24)2/h5-6,8-10,12-13,16H,3-4,7,11,14,22H2,1-2H3,(H,23,25). The zero-order valence-corrected chi connectivity index (χ0v) is 15.5. The van der Waals surface area contributed by atoms with Gasteiger partial charge in [-0.15, -0.1) is 0 Å². The number of nitrogens with two attached hydrogens (primary N) is 1. The van der Waals surface area contributed by atoms with Crippen LogP contribution >= 0.6 is 0 Å². The van der Waals surface area contributed by atoms with Crippen LogP contribution in [-0.4, -0.2) is 25.1 Å². The highest BCUT2D eigenvalue weighted by atomic mass is 16.5. The van der Waals surface area contributed by atoms with E-state index in [1.807, 2.05) is 49.4 Å². The van der Waals surface area contributed by atoms with Gasteiger partial charge in [-0.05, 0) is 69.0 Å². The van der Waals surface area contributed by atoms with Gasteiger partial charge in [0.05, 0.1) is 11.4 Å². The van der Waals surface area contributed by atoms with Crippen molar-refractivity contribution in [2.75, 3.05) is 29.1 Å². The first-order valence-corrected chi connectivity index (χ1v) is 9.18. The number of hydrogen-bond donors (Lipinski definition) is 2. The number of carbonyl (C=O) groups is 1. The molecule has 1 atom stereocenters. The SMILES string of the molecule is Cc1cccc(OCC(=O)Nc2cc(N)ccc2N2CCCCC2C)c1. The number of nitrogens with zero attached hydrogens (tertiary/aromatic N) is 1. The fourth-order valence-electron chi connectivity index (χ4n) is 3.40. The summed E-state index contributed by atoms with van der Waals surface area (Å²) < 4.78 is 5.60. The molecule has 5 nitrogen and oxygen atoms in total. The maximum absolute atomic E-state index is 12.4. The van der Waals surface area contributed by atoms with Crippen LogP contribution in [0.1, 0.15) is 31.7 Å². The van der Waals surface area contributed by atoms with E-state index in [4.69, 9.17) is 10.5 Å². The van der Waals surface area contributed by atoms with Crippen molar-refractivity contribution < 1.29 is 9.53 Å². The van der Waals surface area contributed by atoms with Crippen molar-refractivity contribution in [1.29, 1.82) is 0 Å². The van der Waals surface area contributed by atoms with Crippen LogP contribution in [-0.2, 0) is 4.79 Å². The molecular formula is C21H27N3O2. The first-order valence-electron chi connectivity index (χ1n) is 9.18. The molecule has 0 aromatic heterocycles. The molecule has 2 aromatic rings. The average molecular weight is 353 g/mol. The molecule has 1 heterocycles. The molecule has 0 radical (unpaired) electrons. The molecule has 0 bridgehead atoms. The van der Waals surface area contributed by atoms with E-state index < -0.39 is 0 Å². The Bertz CT molecular complexity index is 776. The van der Waals surface area contributed by atoms with E-state index in [1.165, 1.54) is 12.8 Å². The molecule has 1 amide bonds. The lowest BCUT2D eigenvalue weighted by molar-refractivity contribution is -0.118. The predicted octanol–water partition coefficient (Wildman–Crippen LogP) is 3.97. The van der Waals surface area contributed by atoms with Gasteiger partial charge in [0, 0.05) is 18.3 Å². The van der Waals surface area contributed by atoms with Gasteiger partial charge in [0.2, 0.25) is 0 Å². The summed E-state index contributed by atoms with van der Waals surface area (Å²) in [5.74, 6) is 0.501. The van der Waals surface area contributed by atoms with E-state index in [-0.39, 0.29) is 12.5 Å². The van der Waals surface area contributed by atoms with Gasteiger partial charge in [-0.3, -0.25) is 4.79 Å². The number of rotatable bonds is 5. The Labute approximate surface area is 155 Å². The molecule has 1 saturated heterocycles. The quantitative estimate of drug-likeness (QED) is 0.798. The summed E-state index contributed by atoms with van der Waals surface area (Å²) in [4.78, 5) is 14.8. The Balaban J connectivity index is 1.70. The van der Waals surface area contributed by atoms with Crippen LogP contribution in [0.15, 0.2) is 42.5 Å². The lowest BCUT2D eigenvalue weighted by atomic mass is 10.0.